The topological polar surface area (TPSA) is 12.5 Å². The summed E-state index contributed by atoms with van der Waals surface area (Å²) in [7, 11) is 2.18. The molecule has 0 heterocycles. The molecule has 0 aromatic heterocycles. The van der Waals surface area contributed by atoms with E-state index >= 15 is 0 Å². The zero-order chi connectivity index (χ0) is 11.1. The first kappa shape index (κ1) is 12.6. The molecule has 84 valence electrons. The van der Waals surface area contributed by atoms with Crippen LogP contribution in [-0.2, 0) is 22.2 Å². The number of nitrogens with zero attached hydrogens (tertiary/aromatic N) is 1. The van der Waals surface area contributed by atoms with Gasteiger partial charge in [-0.05, 0) is 16.5 Å². The maximum Gasteiger partial charge on any atom is 0.163 e. The predicted molar refractivity (Wildman–Crippen MR) is 67.9 cm³/mol. The Bertz CT molecular complexity index is 264. The Labute approximate surface area is 95.6 Å². The lowest BCUT2D eigenvalue weighted by Crippen LogP contribution is -2.30. The van der Waals surface area contributed by atoms with E-state index in [1.807, 2.05) is 6.07 Å². The van der Waals surface area contributed by atoms with Crippen molar-refractivity contribution in [1.82, 2.24) is 4.90 Å². The van der Waals surface area contributed by atoms with Crippen LogP contribution in [0.3, 0.4) is 0 Å². The van der Waals surface area contributed by atoms with E-state index in [-0.39, 0.29) is 0 Å². The first-order valence-corrected chi connectivity index (χ1v) is 7.23. The molecule has 0 bridgehead atoms. The summed E-state index contributed by atoms with van der Waals surface area (Å²) in [5.74, 6) is 1.10. The van der Waals surface area contributed by atoms with Gasteiger partial charge in [-0.1, -0.05) is 30.3 Å². The third kappa shape index (κ3) is 5.21. The quantitative estimate of drug-likeness (QED) is 0.543. The van der Waals surface area contributed by atoms with Crippen LogP contribution in [-0.4, -0.2) is 37.1 Å². The van der Waals surface area contributed by atoms with E-state index in [0.29, 0.717) is 17.6 Å². The number of rotatable bonds is 6. The third-order valence-electron chi connectivity index (χ3n) is 2.00. The zero-order valence-electron chi connectivity index (χ0n) is 9.77. The lowest BCUT2D eigenvalue weighted by Gasteiger charge is -2.18. The van der Waals surface area contributed by atoms with E-state index in [1.54, 1.807) is 7.11 Å². The van der Waals surface area contributed by atoms with Gasteiger partial charge in [-0.2, -0.15) is 0 Å². The number of ether oxygens (including phenoxy) is 1. The van der Waals surface area contributed by atoms with Gasteiger partial charge in [-0.25, -0.2) is 4.90 Å². The van der Waals surface area contributed by atoms with Crippen LogP contribution >= 0.6 is 0 Å². The van der Waals surface area contributed by atoms with Gasteiger partial charge in [0.1, 0.15) is 6.73 Å². The van der Waals surface area contributed by atoms with Gasteiger partial charge < -0.3 is 4.74 Å². The molecule has 2 nitrogen and oxygen atoms in total. The Balaban J connectivity index is 2.50. The Morgan fingerprint density at radius 1 is 1.20 bits per heavy atom. The Morgan fingerprint density at radius 2 is 1.87 bits per heavy atom. The second-order valence-corrected chi connectivity index (χ2v) is 6.08. The van der Waals surface area contributed by atoms with E-state index in [2.05, 4.69) is 41.7 Å². The normalized spacial score (nSPS) is 11.3. The van der Waals surface area contributed by atoms with Crippen LogP contribution in [0.4, 0.5) is 0 Å². The molecule has 1 aromatic carbocycles. The minimum absolute atomic E-state index is 0.425. The van der Waals surface area contributed by atoms with Crippen molar-refractivity contribution in [2.24, 2.45) is 0 Å². The monoisotopic (exact) mass is 226 g/mol. The lowest BCUT2D eigenvalue weighted by molar-refractivity contribution is 0.0721. The van der Waals surface area contributed by atoms with Gasteiger partial charge in [0.2, 0.25) is 0 Å². The van der Waals surface area contributed by atoms with E-state index in [0.717, 1.165) is 12.4 Å². The second-order valence-electron chi connectivity index (χ2n) is 3.85. The summed E-state index contributed by atoms with van der Waals surface area (Å²) >= 11 is 0. The highest BCUT2D eigenvalue weighted by atomic mass is 32.2. The summed E-state index contributed by atoms with van der Waals surface area (Å²) in [5, 5.41) is 0. The molecule has 15 heavy (non-hydrogen) atoms. The molecule has 0 aliphatic heterocycles. The molecule has 0 spiro atoms. The van der Waals surface area contributed by atoms with Gasteiger partial charge in [0.05, 0.1) is 12.5 Å². The summed E-state index contributed by atoms with van der Waals surface area (Å²) in [4.78, 5) is 2.33. The highest BCUT2D eigenvalue weighted by Crippen LogP contribution is 2.05. The molecular weight excluding hydrogens is 206 g/mol. The van der Waals surface area contributed by atoms with Crippen molar-refractivity contribution in [2.75, 3.05) is 32.2 Å². The van der Waals surface area contributed by atoms with Crippen LogP contribution in [0.15, 0.2) is 30.3 Å². The van der Waals surface area contributed by atoms with Crippen LogP contribution in [0.5, 0.6) is 0 Å². The van der Waals surface area contributed by atoms with E-state index in [4.69, 9.17) is 4.74 Å². The molecule has 0 aliphatic rings. The first-order chi connectivity index (χ1) is 7.22. The Hall–Kier alpha value is -0.510. The van der Waals surface area contributed by atoms with Crippen molar-refractivity contribution in [3.8, 4) is 0 Å². The Morgan fingerprint density at radius 3 is 2.40 bits per heavy atom. The van der Waals surface area contributed by atoms with Gasteiger partial charge in [0.15, 0.2) is 5.88 Å². The number of hydrogen-bond acceptors (Lipinski definition) is 2. The first-order valence-electron chi connectivity index (χ1n) is 5.02. The fourth-order valence-electron chi connectivity index (χ4n) is 1.52. The van der Waals surface area contributed by atoms with Gasteiger partial charge in [0.25, 0.3) is 0 Å². The number of hydrogen-bond donors (Lipinski definition) is 0. The smallest absolute Gasteiger partial charge is 0.163 e. The van der Waals surface area contributed by atoms with Crippen LogP contribution in [0.2, 0.25) is 0 Å². The van der Waals surface area contributed by atoms with E-state index in [1.165, 1.54) is 5.56 Å². The molecule has 0 aliphatic carbocycles. The van der Waals surface area contributed by atoms with Crippen molar-refractivity contribution in [3.63, 3.8) is 0 Å². The van der Waals surface area contributed by atoms with Crippen molar-refractivity contribution in [2.45, 2.75) is 6.54 Å². The van der Waals surface area contributed by atoms with E-state index in [9.17, 15) is 0 Å². The van der Waals surface area contributed by atoms with Crippen molar-refractivity contribution < 1.29 is 4.74 Å². The molecule has 0 amide bonds. The number of benzene rings is 1. The summed E-state index contributed by atoms with van der Waals surface area (Å²) in [5.41, 5.74) is 1.35. The highest BCUT2D eigenvalue weighted by molar-refractivity contribution is 7.95. The van der Waals surface area contributed by atoms with E-state index < -0.39 is 0 Å². The van der Waals surface area contributed by atoms with Crippen molar-refractivity contribution in [1.29, 1.82) is 0 Å². The molecule has 0 saturated heterocycles. The average molecular weight is 226 g/mol. The molecule has 0 radical (unpaired) electrons. The SMILES string of the molecule is COCN(Cc1ccccc1)C[S+](C)C. The standard InChI is InChI=1S/C12H20NOS/c1-14-10-13(11-15(2)3)9-12-7-5-4-6-8-12/h4-8H,9-11H2,1-3H3/q+1. The second kappa shape index (κ2) is 6.88. The molecule has 0 saturated carbocycles. The van der Waals surface area contributed by atoms with Crippen LogP contribution < -0.4 is 0 Å². The Kier molecular flexibility index (Phi) is 5.76. The summed E-state index contributed by atoms with van der Waals surface area (Å²) in [6.45, 7) is 1.68. The summed E-state index contributed by atoms with van der Waals surface area (Å²) < 4.78 is 5.21. The van der Waals surface area contributed by atoms with Crippen LogP contribution in [0.1, 0.15) is 5.56 Å². The molecule has 1 rings (SSSR count). The minimum atomic E-state index is 0.425. The van der Waals surface area contributed by atoms with Crippen molar-refractivity contribution in [3.05, 3.63) is 35.9 Å². The zero-order valence-corrected chi connectivity index (χ0v) is 10.6. The largest absolute Gasteiger partial charge is 0.369 e. The van der Waals surface area contributed by atoms with Gasteiger partial charge in [-0.15, -0.1) is 0 Å². The predicted octanol–water partition coefficient (Wildman–Crippen LogP) is 1.93. The molecule has 0 N–H and O–H groups in total. The lowest BCUT2D eigenvalue weighted by atomic mass is 10.2. The molecule has 0 fully saturated rings. The summed E-state index contributed by atoms with van der Waals surface area (Å²) in [6, 6.07) is 10.5. The van der Waals surface area contributed by atoms with Gasteiger partial charge in [-0.3, -0.25) is 0 Å². The highest BCUT2D eigenvalue weighted by Gasteiger charge is 2.12. The molecular formula is C12H20NOS+. The number of methoxy groups -OCH3 is 1. The molecule has 0 atom stereocenters. The van der Waals surface area contributed by atoms with Crippen LogP contribution in [0.25, 0.3) is 0 Å². The minimum Gasteiger partial charge on any atom is -0.369 e. The van der Waals surface area contributed by atoms with Gasteiger partial charge >= 0.3 is 0 Å². The molecule has 0 unspecified atom stereocenters. The maximum absolute atomic E-state index is 5.21. The fraction of sp³-hybridized carbons (Fsp3) is 0.500. The molecule has 3 heteroatoms. The van der Waals surface area contributed by atoms with Gasteiger partial charge in [0, 0.05) is 13.7 Å². The molecule has 1 aromatic rings. The summed E-state index contributed by atoms with van der Waals surface area (Å²) in [6.07, 6.45) is 4.52. The van der Waals surface area contributed by atoms with Crippen LogP contribution in [0, 0.1) is 0 Å². The van der Waals surface area contributed by atoms with Crippen molar-refractivity contribution >= 4 is 10.9 Å². The fourth-order valence-corrected chi connectivity index (χ4v) is 2.41. The third-order valence-corrected chi connectivity index (χ3v) is 2.88. The maximum atomic E-state index is 5.21. The average Bonchev–Trinajstić information content (AvgIpc) is 2.18.